The van der Waals surface area contributed by atoms with Crippen molar-refractivity contribution < 1.29 is 17.9 Å². The second-order valence-electron chi connectivity index (χ2n) is 7.56. The number of pyridine rings is 1. The minimum absolute atomic E-state index is 0.174. The predicted octanol–water partition coefficient (Wildman–Crippen LogP) is 5.27. The molecular formula is C22H21Cl2N3O4S. The van der Waals surface area contributed by atoms with Crippen molar-refractivity contribution in [2.45, 2.75) is 31.1 Å². The molecule has 7 nitrogen and oxygen atoms in total. The molecule has 2 atom stereocenters. The van der Waals surface area contributed by atoms with E-state index in [0.29, 0.717) is 21.1 Å². The summed E-state index contributed by atoms with van der Waals surface area (Å²) in [6.07, 6.45) is 7.51. The Labute approximate surface area is 196 Å². The van der Waals surface area contributed by atoms with Crippen LogP contribution in [0.1, 0.15) is 31.9 Å². The largest absolute Gasteiger partial charge is 0.495 e. The van der Waals surface area contributed by atoms with Crippen LogP contribution in [0.25, 0.3) is 10.9 Å². The van der Waals surface area contributed by atoms with Gasteiger partial charge < -0.3 is 9.47 Å². The van der Waals surface area contributed by atoms with Crippen molar-refractivity contribution in [3.63, 3.8) is 0 Å². The van der Waals surface area contributed by atoms with Gasteiger partial charge in [-0.2, -0.15) is 9.19 Å². The molecule has 1 aliphatic carbocycles. The molecule has 32 heavy (non-hydrogen) atoms. The van der Waals surface area contributed by atoms with Crippen LogP contribution in [0.3, 0.4) is 0 Å². The summed E-state index contributed by atoms with van der Waals surface area (Å²) in [5.74, 6) is 0.450. The third kappa shape index (κ3) is 3.56. The lowest BCUT2D eigenvalue weighted by Crippen LogP contribution is -2.43. The first kappa shape index (κ1) is 22.6. The van der Waals surface area contributed by atoms with Crippen LogP contribution in [0.5, 0.6) is 0 Å². The smallest absolute Gasteiger partial charge is 0.267 e. The third-order valence-electron chi connectivity index (χ3n) is 5.53. The molecule has 0 bridgehead atoms. The number of methoxy groups -OCH3 is 1. The summed E-state index contributed by atoms with van der Waals surface area (Å²) >= 11 is 12.5. The lowest BCUT2D eigenvalue weighted by Gasteiger charge is -2.33. The molecular weight excluding hydrogens is 473 g/mol. The van der Waals surface area contributed by atoms with Crippen molar-refractivity contribution in [2.75, 3.05) is 7.11 Å². The second-order valence-corrected chi connectivity index (χ2v) is 10.6. The number of benzene rings is 1. The zero-order valence-electron chi connectivity index (χ0n) is 17.6. The number of fused-ring (bicyclic) bond motifs is 1. The molecule has 168 valence electrons. The fourth-order valence-electron chi connectivity index (χ4n) is 3.84. The number of aromatic nitrogens is 3. The molecule has 10 heteroatoms. The van der Waals surface area contributed by atoms with Crippen LogP contribution in [-0.4, -0.2) is 34.4 Å². The average Bonchev–Trinajstić information content (AvgIpc) is 3.18. The van der Waals surface area contributed by atoms with Crippen molar-refractivity contribution in [1.29, 1.82) is 0 Å². The summed E-state index contributed by atoms with van der Waals surface area (Å²) in [5, 5.41) is 5.58. The fraction of sp³-hybridized carbons (Fsp3) is 0.273. The lowest BCUT2D eigenvalue weighted by molar-refractivity contribution is 0.115. The van der Waals surface area contributed by atoms with Crippen LogP contribution in [0.15, 0.2) is 66.5 Å². The summed E-state index contributed by atoms with van der Waals surface area (Å²) < 4.78 is 39.0. The first-order chi connectivity index (χ1) is 15.2. The summed E-state index contributed by atoms with van der Waals surface area (Å²) in [4.78, 5) is 3.95. The van der Waals surface area contributed by atoms with Gasteiger partial charge in [0.05, 0.1) is 28.9 Å². The highest BCUT2D eigenvalue weighted by Gasteiger charge is 2.49. The maximum atomic E-state index is 13.8. The highest BCUT2D eigenvalue weighted by atomic mass is 35.5. The van der Waals surface area contributed by atoms with Crippen LogP contribution in [-0.2, 0) is 19.5 Å². The van der Waals surface area contributed by atoms with Crippen molar-refractivity contribution >= 4 is 44.1 Å². The van der Waals surface area contributed by atoms with Gasteiger partial charge in [-0.05, 0) is 32.4 Å². The predicted molar refractivity (Wildman–Crippen MR) is 124 cm³/mol. The number of hydrogen-bond acceptors (Lipinski definition) is 6. The average molecular weight is 494 g/mol. The maximum absolute atomic E-state index is 13.8. The SMILES string of the molecule is COC1=C(OC(C)c2c(Cl)cncc2Cl)C=CC[C@@]1(C)S(=O)(=O)n1ncc2ccccc21. The normalized spacial score (nSPS) is 19.9. The minimum Gasteiger partial charge on any atom is -0.495 e. The van der Waals surface area contributed by atoms with Gasteiger partial charge in [-0.25, -0.2) is 8.42 Å². The molecule has 0 saturated heterocycles. The molecule has 0 spiro atoms. The molecule has 0 aliphatic heterocycles. The van der Waals surface area contributed by atoms with Gasteiger partial charge in [0.25, 0.3) is 10.0 Å². The number of para-hydroxylation sites is 1. The number of allylic oxidation sites excluding steroid dienone is 2. The highest BCUT2D eigenvalue weighted by Crippen LogP contribution is 2.41. The van der Waals surface area contributed by atoms with Gasteiger partial charge in [-0.15, -0.1) is 0 Å². The zero-order valence-corrected chi connectivity index (χ0v) is 19.9. The monoisotopic (exact) mass is 493 g/mol. The summed E-state index contributed by atoms with van der Waals surface area (Å²) in [7, 11) is -2.61. The Balaban J connectivity index is 1.79. The quantitative estimate of drug-likeness (QED) is 0.464. The van der Waals surface area contributed by atoms with Crippen LogP contribution < -0.4 is 0 Å². The van der Waals surface area contributed by atoms with Gasteiger partial charge in [0.1, 0.15) is 6.10 Å². The van der Waals surface area contributed by atoms with E-state index in [1.807, 2.05) is 12.1 Å². The molecule has 1 aliphatic rings. The summed E-state index contributed by atoms with van der Waals surface area (Å²) in [6, 6.07) is 7.12. The summed E-state index contributed by atoms with van der Waals surface area (Å²) in [5.41, 5.74) is 1.04. The van der Waals surface area contributed by atoms with Gasteiger partial charge >= 0.3 is 0 Å². The van der Waals surface area contributed by atoms with Crippen LogP contribution in [0.4, 0.5) is 0 Å². The Morgan fingerprint density at radius 2 is 1.84 bits per heavy atom. The molecule has 0 N–H and O–H groups in total. The van der Waals surface area contributed by atoms with Crippen LogP contribution in [0.2, 0.25) is 10.0 Å². The van der Waals surface area contributed by atoms with Gasteiger partial charge in [0, 0.05) is 23.3 Å². The van der Waals surface area contributed by atoms with E-state index in [1.165, 1.54) is 25.7 Å². The Morgan fingerprint density at radius 1 is 1.16 bits per heavy atom. The maximum Gasteiger partial charge on any atom is 0.267 e. The first-order valence-corrected chi connectivity index (χ1v) is 12.0. The number of nitrogens with zero attached hydrogens (tertiary/aromatic N) is 3. The van der Waals surface area contributed by atoms with E-state index in [9.17, 15) is 8.42 Å². The lowest BCUT2D eigenvalue weighted by atomic mass is 9.98. The van der Waals surface area contributed by atoms with E-state index >= 15 is 0 Å². The van der Waals surface area contributed by atoms with E-state index in [4.69, 9.17) is 32.7 Å². The Morgan fingerprint density at radius 3 is 2.53 bits per heavy atom. The van der Waals surface area contributed by atoms with Gasteiger partial charge in [-0.3, -0.25) is 4.98 Å². The van der Waals surface area contributed by atoms with Gasteiger partial charge in [-0.1, -0.05) is 47.5 Å². The highest BCUT2D eigenvalue weighted by molar-refractivity contribution is 7.91. The molecule has 0 radical (unpaired) electrons. The molecule has 3 aromatic rings. The van der Waals surface area contributed by atoms with Gasteiger partial charge in [0.2, 0.25) is 0 Å². The molecule has 0 amide bonds. The van der Waals surface area contributed by atoms with Crippen LogP contribution in [0, 0.1) is 0 Å². The van der Waals surface area contributed by atoms with E-state index in [2.05, 4.69) is 10.1 Å². The minimum atomic E-state index is -4.03. The van der Waals surface area contributed by atoms with E-state index in [0.717, 1.165) is 9.47 Å². The third-order valence-corrected chi connectivity index (χ3v) is 8.37. The zero-order chi connectivity index (χ0) is 23.1. The Hall–Kier alpha value is -2.55. The number of ether oxygens (including phenoxy) is 2. The molecule has 2 aromatic heterocycles. The molecule has 4 rings (SSSR count). The van der Waals surface area contributed by atoms with Crippen LogP contribution >= 0.6 is 23.2 Å². The Kier molecular flexibility index (Phi) is 5.96. The number of rotatable bonds is 6. The van der Waals surface area contributed by atoms with Crippen molar-refractivity contribution in [1.82, 2.24) is 14.2 Å². The van der Waals surface area contributed by atoms with E-state index in [1.54, 1.807) is 38.1 Å². The topological polar surface area (TPSA) is 83.3 Å². The van der Waals surface area contributed by atoms with Gasteiger partial charge in [0.15, 0.2) is 16.3 Å². The fourth-order valence-corrected chi connectivity index (χ4v) is 6.22. The van der Waals surface area contributed by atoms with Crippen molar-refractivity contribution in [3.8, 4) is 0 Å². The van der Waals surface area contributed by atoms with E-state index < -0.39 is 20.9 Å². The standard InChI is InChI=1S/C22H21Cl2N3O4S/c1-14(20-16(23)12-25-13-17(20)24)31-19-9-6-10-22(2,21(19)30-3)32(28,29)27-18-8-5-4-7-15(18)11-26-27/h4-9,11-14H,10H2,1-3H3/t14?,22-/m1/s1. The summed E-state index contributed by atoms with van der Waals surface area (Å²) in [6.45, 7) is 3.37. The Bertz CT molecular complexity index is 1330. The van der Waals surface area contributed by atoms with E-state index in [-0.39, 0.29) is 17.9 Å². The molecule has 2 heterocycles. The molecule has 1 unspecified atom stereocenters. The molecule has 0 fully saturated rings. The molecule has 0 saturated carbocycles. The second kappa shape index (κ2) is 8.42. The number of halogens is 2. The first-order valence-electron chi connectivity index (χ1n) is 9.79. The number of hydrogen-bond donors (Lipinski definition) is 0. The van der Waals surface area contributed by atoms with Crippen molar-refractivity contribution in [2.24, 2.45) is 0 Å². The molecule has 1 aromatic carbocycles. The van der Waals surface area contributed by atoms with Crippen molar-refractivity contribution in [3.05, 3.63) is 82.1 Å².